The van der Waals surface area contributed by atoms with Gasteiger partial charge in [0.25, 0.3) is 5.91 Å². The van der Waals surface area contributed by atoms with E-state index in [0.29, 0.717) is 6.61 Å². The Kier molecular flexibility index (Phi) is 4.86. The molecule has 1 rings (SSSR count). The van der Waals surface area contributed by atoms with Crippen LogP contribution in [0.2, 0.25) is 0 Å². The Hall–Kier alpha value is -1.66. The van der Waals surface area contributed by atoms with Gasteiger partial charge in [-0.1, -0.05) is 6.07 Å². The summed E-state index contributed by atoms with van der Waals surface area (Å²) >= 11 is 0. The normalized spacial score (nSPS) is 12.0. The van der Waals surface area contributed by atoms with Crippen LogP contribution in [0.3, 0.4) is 0 Å². The van der Waals surface area contributed by atoms with Gasteiger partial charge in [-0.05, 0) is 19.1 Å². The summed E-state index contributed by atoms with van der Waals surface area (Å²) in [5.74, 6) is 4.21. The van der Waals surface area contributed by atoms with Gasteiger partial charge in [0.2, 0.25) is 0 Å². The molecule has 4 N–H and O–H groups in total. The fraction of sp³-hybridized carbons (Fsp3) is 0.364. The first kappa shape index (κ1) is 13.4. The zero-order chi connectivity index (χ0) is 12.8. The Balaban J connectivity index is 2.85. The Bertz CT molecular complexity index is 398. The number of nitrogens with two attached hydrogens (primary N) is 1. The number of ether oxygens (including phenoxy) is 1. The van der Waals surface area contributed by atoms with Crippen molar-refractivity contribution >= 4 is 11.6 Å². The van der Waals surface area contributed by atoms with Gasteiger partial charge in [0.15, 0.2) is 0 Å². The largest absolute Gasteiger partial charge is 0.383 e. The summed E-state index contributed by atoms with van der Waals surface area (Å²) < 4.78 is 18.2. The minimum atomic E-state index is -0.570. The fourth-order valence-corrected chi connectivity index (χ4v) is 1.45. The molecule has 1 atom stereocenters. The maximum atomic E-state index is 13.3. The number of hydrogen-bond acceptors (Lipinski definition) is 4. The van der Waals surface area contributed by atoms with Crippen molar-refractivity contribution < 1.29 is 13.9 Å². The third kappa shape index (κ3) is 3.40. The Morgan fingerprint density at radius 2 is 2.29 bits per heavy atom. The van der Waals surface area contributed by atoms with Crippen LogP contribution < -0.4 is 16.6 Å². The smallest absolute Gasteiger partial charge is 0.253 e. The predicted octanol–water partition coefficient (Wildman–Crippen LogP) is 0.876. The highest BCUT2D eigenvalue weighted by molar-refractivity contribution is 5.99. The zero-order valence-corrected chi connectivity index (χ0v) is 9.79. The molecular weight excluding hydrogens is 225 g/mol. The molecule has 0 aliphatic heterocycles. The van der Waals surface area contributed by atoms with Gasteiger partial charge in [-0.15, -0.1) is 0 Å². The molecule has 1 unspecified atom stereocenters. The zero-order valence-electron chi connectivity index (χ0n) is 9.79. The summed E-state index contributed by atoms with van der Waals surface area (Å²) in [5, 5.41) is 2.67. The third-order valence-electron chi connectivity index (χ3n) is 2.20. The monoisotopic (exact) mass is 241 g/mol. The van der Waals surface area contributed by atoms with Gasteiger partial charge in [0, 0.05) is 13.2 Å². The lowest BCUT2D eigenvalue weighted by molar-refractivity contribution is 0.0906. The summed E-state index contributed by atoms with van der Waals surface area (Å²) in [6.07, 6.45) is 0. The molecule has 0 radical (unpaired) electrons. The number of para-hydroxylation sites is 1. The Labute approximate surface area is 99.1 Å². The number of hydrazine groups is 1. The van der Waals surface area contributed by atoms with E-state index in [4.69, 9.17) is 10.6 Å². The maximum Gasteiger partial charge on any atom is 0.253 e. The molecule has 94 valence electrons. The lowest BCUT2D eigenvalue weighted by Gasteiger charge is -2.14. The number of nitrogen functional groups attached to an aromatic ring is 1. The molecule has 0 bridgehead atoms. The van der Waals surface area contributed by atoms with Gasteiger partial charge in [0.1, 0.15) is 5.82 Å². The molecule has 0 aliphatic carbocycles. The Morgan fingerprint density at radius 3 is 2.88 bits per heavy atom. The number of hydrogen-bond donors (Lipinski definition) is 3. The van der Waals surface area contributed by atoms with Crippen LogP contribution in [0.25, 0.3) is 0 Å². The third-order valence-corrected chi connectivity index (χ3v) is 2.20. The molecule has 1 amide bonds. The van der Waals surface area contributed by atoms with Crippen molar-refractivity contribution in [3.63, 3.8) is 0 Å². The first-order valence-corrected chi connectivity index (χ1v) is 5.15. The van der Waals surface area contributed by atoms with Crippen molar-refractivity contribution in [1.82, 2.24) is 5.32 Å². The van der Waals surface area contributed by atoms with E-state index in [-0.39, 0.29) is 17.3 Å². The standard InChI is InChI=1S/C11H16FN3O2/c1-7(6-17-2)14-11(16)8-4-3-5-9(12)10(8)15-13/h3-5,7,15H,6,13H2,1-2H3,(H,14,16). The number of methoxy groups -OCH3 is 1. The average molecular weight is 241 g/mol. The molecule has 1 aromatic rings. The summed E-state index contributed by atoms with van der Waals surface area (Å²) in [6, 6.07) is 4.01. The van der Waals surface area contributed by atoms with E-state index in [1.165, 1.54) is 25.3 Å². The molecule has 6 heteroatoms. The highest BCUT2D eigenvalue weighted by atomic mass is 19.1. The molecule has 0 aliphatic rings. The molecule has 0 heterocycles. The summed E-state index contributed by atoms with van der Waals surface area (Å²) in [4.78, 5) is 11.8. The SMILES string of the molecule is COCC(C)NC(=O)c1cccc(F)c1NN. The van der Waals surface area contributed by atoms with E-state index in [1.54, 1.807) is 6.92 Å². The maximum absolute atomic E-state index is 13.3. The summed E-state index contributed by atoms with van der Waals surface area (Å²) in [6.45, 7) is 2.17. The van der Waals surface area contributed by atoms with Gasteiger partial charge in [0.05, 0.1) is 17.9 Å². The molecular formula is C11H16FN3O2. The quantitative estimate of drug-likeness (QED) is 0.528. The number of carbonyl (C=O) groups is 1. The van der Waals surface area contributed by atoms with E-state index < -0.39 is 11.7 Å². The van der Waals surface area contributed by atoms with Gasteiger partial charge in [-0.25, -0.2) is 4.39 Å². The number of rotatable bonds is 5. The van der Waals surface area contributed by atoms with Crippen molar-refractivity contribution in [2.75, 3.05) is 19.1 Å². The number of anilines is 1. The molecule has 0 saturated heterocycles. The number of amides is 1. The van der Waals surface area contributed by atoms with Crippen LogP contribution in [0.4, 0.5) is 10.1 Å². The van der Waals surface area contributed by atoms with Crippen LogP contribution in [-0.4, -0.2) is 25.7 Å². The Morgan fingerprint density at radius 1 is 1.59 bits per heavy atom. The van der Waals surface area contributed by atoms with Crippen molar-refractivity contribution in [1.29, 1.82) is 0 Å². The second-order valence-electron chi connectivity index (χ2n) is 3.64. The first-order valence-electron chi connectivity index (χ1n) is 5.15. The predicted molar refractivity (Wildman–Crippen MR) is 63.0 cm³/mol. The average Bonchev–Trinajstić information content (AvgIpc) is 2.28. The molecule has 0 saturated carbocycles. The molecule has 0 aromatic heterocycles. The second kappa shape index (κ2) is 6.17. The van der Waals surface area contributed by atoms with E-state index in [9.17, 15) is 9.18 Å². The van der Waals surface area contributed by atoms with E-state index in [0.717, 1.165) is 0 Å². The first-order chi connectivity index (χ1) is 8.10. The van der Waals surface area contributed by atoms with Gasteiger partial charge in [-0.2, -0.15) is 0 Å². The number of nitrogens with one attached hydrogen (secondary N) is 2. The van der Waals surface area contributed by atoms with Crippen molar-refractivity contribution in [3.05, 3.63) is 29.6 Å². The molecule has 0 spiro atoms. The summed E-state index contributed by atoms with van der Waals surface area (Å²) in [5.41, 5.74) is 2.33. The minimum absolute atomic E-state index is 0.0189. The number of carbonyl (C=O) groups excluding carboxylic acids is 1. The van der Waals surface area contributed by atoms with Crippen molar-refractivity contribution in [2.24, 2.45) is 5.84 Å². The molecule has 1 aromatic carbocycles. The molecule has 5 nitrogen and oxygen atoms in total. The van der Waals surface area contributed by atoms with E-state index >= 15 is 0 Å². The van der Waals surface area contributed by atoms with Crippen molar-refractivity contribution in [3.8, 4) is 0 Å². The summed E-state index contributed by atoms with van der Waals surface area (Å²) in [7, 11) is 1.54. The van der Waals surface area contributed by atoms with E-state index in [2.05, 4.69) is 10.7 Å². The second-order valence-corrected chi connectivity index (χ2v) is 3.64. The van der Waals surface area contributed by atoms with E-state index in [1.807, 2.05) is 0 Å². The molecule has 17 heavy (non-hydrogen) atoms. The van der Waals surface area contributed by atoms with Gasteiger partial charge >= 0.3 is 0 Å². The number of halogens is 1. The minimum Gasteiger partial charge on any atom is -0.383 e. The van der Waals surface area contributed by atoms with Gasteiger partial charge < -0.3 is 15.5 Å². The van der Waals surface area contributed by atoms with Crippen LogP contribution in [0.15, 0.2) is 18.2 Å². The number of benzene rings is 1. The van der Waals surface area contributed by atoms with Crippen molar-refractivity contribution in [2.45, 2.75) is 13.0 Å². The highest BCUT2D eigenvalue weighted by Gasteiger charge is 2.15. The molecule has 0 fully saturated rings. The van der Waals surface area contributed by atoms with Crippen LogP contribution in [-0.2, 0) is 4.74 Å². The van der Waals surface area contributed by atoms with Crippen LogP contribution in [0.1, 0.15) is 17.3 Å². The van der Waals surface area contributed by atoms with Crippen LogP contribution in [0, 0.1) is 5.82 Å². The highest BCUT2D eigenvalue weighted by Crippen LogP contribution is 2.18. The fourth-order valence-electron chi connectivity index (χ4n) is 1.45. The topological polar surface area (TPSA) is 76.4 Å². The van der Waals surface area contributed by atoms with Crippen LogP contribution >= 0.6 is 0 Å². The van der Waals surface area contributed by atoms with Gasteiger partial charge in [-0.3, -0.25) is 10.6 Å². The van der Waals surface area contributed by atoms with Crippen LogP contribution in [0.5, 0.6) is 0 Å². The lowest BCUT2D eigenvalue weighted by Crippen LogP contribution is -2.36. The lowest BCUT2D eigenvalue weighted by atomic mass is 10.1.